The highest BCUT2D eigenvalue weighted by Gasteiger charge is 2.57. The first-order valence-electron chi connectivity index (χ1n) is 12.5. The Bertz CT molecular complexity index is 1310. The summed E-state index contributed by atoms with van der Waals surface area (Å²) in [4.78, 5) is 40.8. The zero-order valence-corrected chi connectivity index (χ0v) is 20.6. The fourth-order valence-corrected chi connectivity index (χ4v) is 5.96. The standard InChI is InChI=1S/C27H26ClF2N3O4/c28-18-10-19(29)17(9-20(18)30)23(15-11-37-12-15)32-24(34)22-8-14-7-21(14)33(22)25(35)13-2-1-3-16(6-13)27(4-5-27)26(31)36/h1-3,6,9-10,14-15,21-23H,4-5,7-8,11-12H2,(H2,31,36)(H,32,34)/t14-,21-,22-,23-/m1/s1. The summed E-state index contributed by atoms with van der Waals surface area (Å²) < 4.78 is 34.2. The third-order valence-electron chi connectivity index (χ3n) is 8.33. The fourth-order valence-electron chi connectivity index (χ4n) is 5.81. The van der Waals surface area contributed by atoms with Gasteiger partial charge in [0.25, 0.3) is 5.91 Å². The predicted octanol–water partition coefficient (Wildman–Crippen LogP) is 3.24. The van der Waals surface area contributed by atoms with Crippen LogP contribution in [0.15, 0.2) is 36.4 Å². The Morgan fingerprint density at radius 2 is 1.86 bits per heavy atom. The minimum atomic E-state index is -0.824. The van der Waals surface area contributed by atoms with E-state index in [1.165, 1.54) is 0 Å². The Hall–Kier alpha value is -3.04. The smallest absolute Gasteiger partial charge is 0.254 e. The zero-order valence-electron chi connectivity index (χ0n) is 19.9. The third kappa shape index (κ3) is 4.08. The number of halogens is 3. The maximum absolute atomic E-state index is 14.8. The highest BCUT2D eigenvalue weighted by molar-refractivity contribution is 6.30. The Morgan fingerprint density at radius 3 is 2.51 bits per heavy atom. The van der Waals surface area contributed by atoms with Crippen LogP contribution in [0.3, 0.4) is 0 Å². The molecule has 3 N–H and O–H groups in total. The van der Waals surface area contributed by atoms with E-state index < -0.39 is 40.9 Å². The molecule has 6 rings (SSSR count). The highest BCUT2D eigenvalue weighted by Crippen LogP contribution is 2.50. The van der Waals surface area contributed by atoms with E-state index in [0.29, 0.717) is 43.6 Å². The van der Waals surface area contributed by atoms with Gasteiger partial charge >= 0.3 is 0 Å². The lowest BCUT2D eigenvalue weighted by Gasteiger charge is -2.36. The van der Waals surface area contributed by atoms with Gasteiger partial charge in [0.1, 0.15) is 17.7 Å². The Kier molecular flexibility index (Phi) is 5.76. The molecule has 2 saturated carbocycles. The van der Waals surface area contributed by atoms with Crippen molar-refractivity contribution in [3.05, 3.63) is 69.7 Å². The van der Waals surface area contributed by atoms with Gasteiger partial charge in [-0.3, -0.25) is 14.4 Å². The number of hydrogen-bond donors (Lipinski definition) is 2. The summed E-state index contributed by atoms with van der Waals surface area (Å²) in [6.45, 7) is 0.587. The lowest BCUT2D eigenvalue weighted by molar-refractivity contribution is -0.128. The molecule has 2 aliphatic heterocycles. The number of likely N-dealkylation sites (tertiary alicyclic amines) is 1. The van der Waals surface area contributed by atoms with Crippen LogP contribution in [-0.4, -0.2) is 47.9 Å². The van der Waals surface area contributed by atoms with Gasteiger partial charge in [-0.15, -0.1) is 0 Å². The molecule has 2 aromatic rings. The summed E-state index contributed by atoms with van der Waals surface area (Å²) in [6, 6.07) is 7.20. The number of primary amides is 1. The molecule has 3 amide bonds. The van der Waals surface area contributed by atoms with Crippen molar-refractivity contribution >= 4 is 29.3 Å². The average molecular weight is 530 g/mol. The van der Waals surface area contributed by atoms with E-state index in [2.05, 4.69) is 5.32 Å². The molecule has 7 nitrogen and oxygen atoms in total. The number of ether oxygens (including phenoxy) is 1. The molecule has 194 valence electrons. The van der Waals surface area contributed by atoms with Gasteiger partial charge in [-0.25, -0.2) is 8.78 Å². The summed E-state index contributed by atoms with van der Waals surface area (Å²) in [7, 11) is 0. The van der Waals surface area contributed by atoms with E-state index in [9.17, 15) is 23.2 Å². The highest BCUT2D eigenvalue weighted by atomic mass is 35.5. The largest absolute Gasteiger partial charge is 0.381 e. The number of nitrogens with zero attached hydrogens (tertiary/aromatic N) is 1. The maximum Gasteiger partial charge on any atom is 0.254 e. The van der Waals surface area contributed by atoms with Gasteiger partial charge in [-0.2, -0.15) is 0 Å². The van der Waals surface area contributed by atoms with Crippen molar-refractivity contribution in [2.75, 3.05) is 13.2 Å². The van der Waals surface area contributed by atoms with Gasteiger partial charge in [0.05, 0.1) is 29.7 Å². The van der Waals surface area contributed by atoms with Crippen molar-refractivity contribution in [2.24, 2.45) is 17.6 Å². The summed E-state index contributed by atoms with van der Waals surface area (Å²) in [5.74, 6) is -2.63. The van der Waals surface area contributed by atoms with Crippen LogP contribution in [0.5, 0.6) is 0 Å². The molecule has 0 spiro atoms. The van der Waals surface area contributed by atoms with Crippen molar-refractivity contribution in [2.45, 2.75) is 49.2 Å². The monoisotopic (exact) mass is 529 g/mol. The minimum Gasteiger partial charge on any atom is -0.381 e. The number of benzene rings is 2. The van der Waals surface area contributed by atoms with Gasteiger partial charge in [0, 0.05) is 23.1 Å². The number of fused-ring (bicyclic) bond motifs is 1. The van der Waals surface area contributed by atoms with Crippen molar-refractivity contribution in [3.8, 4) is 0 Å². The summed E-state index contributed by atoms with van der Waals surface area (Å²) in [5, 5.41) is 2.54. The van der Waals surface area contributed by atoms with Gasteiger partial charge in [0.15, 0.2) is 0 Å². The lowest BCUT2D eigenvalue weighted by Crippen LogP contribution is -2.51. The van der Waals surface area contributed by atoms with Crippen LogP contribution in [0.25, 0.3) is 0 Å². The number of hydrogen-bond acceptors (Lipinski definition) is 4. The van der Waals surface area contributed by atoms with Crippen molar-refractivity contribution in [3.63, 3.8) is 0 Å². The molecule has 4 aliphatic rings. The molecular weight excluding hydrogens is 504 g/mol. The molecule has 0 bridgehead atoms. The van der Waals surface area contributed by atoms with Crippen molar-refractivity contribution in [1.29, 1.82) is 0 Å². The SMILES string of the molecule is NC(=O)C1(c2cccc(C(=O)N3[C@@H](C(=O)N[C@@H](c4cc(F)c(Cl)cc4F)C4COC4)C[C@H]4C[C@H]43)c2)CC1. The molecule has 4 atom stereocenters. The number of nitrogens with two attached hydrogens (primary N) is 1. The van der Waals surface area contributed by atoms with E-state index >= 15 is 0 Å². The molecule has 37 heavy (non-hydrogen) atoms. The second-order valence-electron chi connectivity index (χ2n) is 10.6. The van der Waals surface area contributed by atoms with Crippen molar-refractivity contribution < 1.29 is 27.9 Å². The quantitative estimate of drug-likeness (QED) is 0.538. The first-order chi connectivity index (χ1) is 17.7. The van der Waals surface area contributed by atoms with Crippen LogP contribution in [0.1, 0.15) is 53.2 Å². The second-order valence-corrected chi connectivity index (χ2v) is 11.0. The maximum atomic E-state index is 14.8. The average Bonchev–Trinajstić information content (AvgIpc) is 3.76. The molecule has 4 fully saturated rings. The first kappa shape index (κ1) is 24.3. The molecule has 10 heteroatoms. The normalized spacial score (nSPS) is 26.1. The second kappa shape index (κ2) is 8.77. The van der Waals surface area contributed by atoms with E-state index in [-0.39, 0.29) is 34.4 Å². The van der Waals surface area contributed by atoms with Crippen LogP contribution < -0.4 is 11.1 Å². The summed E-state index contributed by atoms with van der Waals surface area (Å²) in [5.41, 5.74) is 5.99. The summed E-state index contributed by atoms with van der Waals surface area (Å²) in [6.07, 6.45) is 2.61. The van der Waals surface area contributed by atoms with E-state index in [1.54, 1.807) is 29.2 Å². The number of piperidine rings is 1. The van der Waals surface area contributed by atoms with Crippen LogP contribution in [0.4, 0.5) is 8.78 Å². The van der Waals surface area contributed by atoms with E-state index in [1.807, 2.05) is 0 Å². The van der Waals surface area contributed by atoms with Gasteiger partial charge in [-0.05, 0) is 61.4 Å². The van der Waals surface area contributed by atoms with Crippen molar-refractivity contribution in [1.82, 2.24) is 10.2 Å². The Labute approximate surface area is 217 Å². The number of nitrogens with one attached hydrogen (secondary N) is 1. The number of carbonyl (C=O) groups is 3. The molecule has 2 heterocycles. The Balaban J connectivity index is 1.25. The van der Waals surface area contributed by atoms with Gasteiger partial charge in [0.2, 0.25) is 11.8 Å². The molecule has 2 saturated heterocycles. The minimum absolute atomic E-state index is 0.00142. The van der Waals surface area contributed by atoms with E-state index in [4.69, 9.17) is 22.1 Å². The molecule has 0 unspecified atom stereocenters. The van der Waals surface area contributed by atoms with Crippen LogP contribution in [-0.2, 0) is 19.7 Å². The third-order valence-corrected chi connectivity index (χ3v) is 8.62. The molecule has 2 aliphatic carbocycles. The first-order valence-corrected chi connectivity index (χ1v) is 12.8. The van der Waals surface area contributed by atoms with Gasteiger partial charge in [-0.1, -0.05) is 23.7 Å². The number of carbonyl (C=O) groups excluding carboxylic acids is 3. The summed E-state index contributed by atoms with van der Waals surface area (Å²) >= 11 is 5.72. The topological polar surface area (TPSA) is 102 Å². The van der Waals surface area contributed by atoms with Crippen LogP contribution in [0.2, 0.25) is 5.02 Å². The predicted molar refractivity (Wildman–Crippen MR) is 130 cm³/mol. The lowest BCUT2D eigenvalue weighted by atomic mass is 9.90. The Morgan fingerprint density at radius 1 is 1.11 bits per heavy atom. The molecule has 0 radical (unpaired) electrons. The van der Waals surface area contributed by atoms with E-state index in [0.717, 1.165) is 18.6 Å². The zero-order chi connectivity index (χ0) is 26.1. The number of amides is 3. The molecule has 0 aromatic heterocycles. The van der Waals surface area contributed by atoms with Crippen LogP contribution in [0, 0.1) is 23.5 Å². The van der Waals surface area contributed by atoms with Gasteiger partial charge < -0.3 is 20.7 Å². The number of rotatable bonds is 7. The molecular formula is C27H26ClF2N3O4. The molecule has 2 aromatic carbocycles. The van der Waals surface area contributed by atoms with Crippen LogP contribution >= 0.6 is 11.6 Å². The fraction of sp³-hybridized carbons (Fsp3) is 0.444.